The summed E-state index contributed by atoms with van der Waals surface area (Å²) in [6.07, 6.45) is 2.62. The van der Waals surface area contributed by atoms with Gasteiger partial charge in [-0.2, -0.15) is 0 Å². The van der Waals surface area contributed by atoms with Crippen LogP contribution in [-0.2, 0) is 12.3 Å². The molecular formula is C24H32P2. The Morgan fingerprint density at radius 1 is 0.615 bits per heavy atom. The summed E-state index contributed by atoms with van der Waals surface area (Å²) < 4.78 is 0. The van der Waals surface area contributed by atoms with Crippen LogP contribution in [0, 0.1) is 0 Å². The monoisotopic (exact) mass is 382 g/mol. The summed E-state index contributed by atoms with van der Waals surface area (Å²) in [6.45, 7) is 14.9. The highest BCUT2D eigenvalue weighted by Gasteiger charge is 2.50. The molecule has 0 amide bonds. The molecule has 0 saturated carbocycles. The number of hydrogen-bond acceptors (Lipinski definition) is 0. The van der Waals surface area contributed by atoms with E-state index in [1.807, 2.05) is 0 Å². The smallest absolute Gasteiger partial charge is 0.0161 e. The molecule has 2 aliphatic rings. The van der Waals surface area contributed by atoms with E-state index in [9.17, 15) is 0 Å². The first-order valence-electron chi connectivity index (χ1n) is 9.87. The van der Waals surface area contributed by atoms with E-state index in [1.165, 1.54) is 12.3 Å². The van der Waals surface area contributed by atoms with E-state index in [0.717, 1.165) is 11.3 Å². The zero-order valence-electron chi connectivity index (χ0n) is 17.1. The molecule has 0 aliphatic carbocycles. The SMILES string of the molecule is CC(C)(C)[P@@]1Cc2ccccc2C1C1c2ccccc2C[P@]1C(C)(C)C. The number of benzene rings is 2. The third-order valence-electron chi connectivity index (χ3n) is 6.12. The second kappa shape index (κ2) is 6.43. The van der Waals surface area contributed by atoms with Crippen LogP contribution in [0.15, 0.2) is 48.5 Å². The summed E-state index contributed by atoms with van der Waals surface area (Å²) in [6, 6.07) is 18.7. The Morgan fingerprint density at radius 2 is 0.962 bits per heavy atom. The molecular weight excluding hydrogens is 350 g/mol. The molecule has 2 heterocycles. The highest BCUT2D eigenvalue weighted by Crippen LogP contribution is 2.80. The van der Waals surface area contributed by atoms with Crippen LogP contribution in [0.2, 0.25) is 0 Å². The molecule has 26 heavy (non-hydrogen) atoms. The van der Waals surface area contributed by atoms with Crippen LogP contribution in [0.25, 0.3) is 0 Å². The van der Waals surface area contributed by atoms with Crippen molar-refractivity contribution in [2.24, 2.45) is 0 Å². The molecule has 4 atom stereocenters. The van der Waals surface area contributed by atoms with Gasteiger partial charge in [0.25, 0.3) is 0 Å². The van der Waals surface area contributed by atoms with Crippen LogP contribution in [0.1, 0.15) is 75.1 Å². The summed E-state index contributed by atoms with van der Waals surface area (Å²) in [5, 5.41) is 0.797. The maximum atomic E-state index is 2.48. The fourth-order valence-electron chi connectivity index (χ4n) is 4.82. The molecule has 0 spiro atoms. The van der Waals surface area contributed by atoms with Gasteiger partial charge in [0, 0.05) is 11.3 Å². The van der Waals surface area contributed by atoms with Crippen molar-refractivity contribution in [2.75, 3.05) is 0 Å². The third-order valence-corrected chi connectivity index (χ3v) is 13.7. The van der Waals surface area contributed by atoms with Gasteiger partial charge in [0.05, 0.1) is 0 Å². The van der Waals surface area contributed by atoms with Crippen molar-refractivity contribution in [2.45, 2.75) is 75.5 Å². The van der Waals surface area contributed by atoms with Crippen LogP contribution in [0.3, 0.4) is 0 Å². The van der Waals surface area contributed by atoms with Crippen LogP contribution in [0.4, 0.5) is 0 Å². The number of hydrogen-bond donors (Lipinski definition) is 0. The summed E-state index contributed by atoms with van der Waals surface area (Å²) >= 11 is 0. The van der Waals surface area contributed by atoms with E-state index in [0.29, 0.717) is 10.3 Å². The molecule has 2 unspecified atom stereocenters. The normalized spacial score (nSPS) is 28.1. The van der Waals surface area contributed by atoms with Crippen LogP contribution < -0.4 is 0 Å². The van der Waals surface area contributed by atoms with Gasteiger partial charge in [-0.3, -0.25) is 0 Å². The van der Waals surface area contributed by atoms with Crippen molar-refractivity contribution < 1.29 is 0 Å². The van der Waals surface area contributed by atoms with Gasteiger partial charge < -0.3 is 0 Å². The van der Waals surface area contributed by atoms with Crippen molar-refractivity contribution in [1.29, 1.82) is 0 Å². The molecule has 2 aromatic rings. The highest BCUT2D eigenvalue weighted by molar-refractivity contribution is 7.63. The molecule has 2 aromatic carbocycles. The Bertz CT molecular complexity index is 740. The first kappa shape index (κ1) is 18.7. The lowest BCUT2D eigenvalue weighted by molar-refractivity contribution is 0.736. The molecule has 4 rings (SSSR count). The second-order valence-electron chi connectivity index (χ2n) is 9.88. The van der Waals surface area contributed by atoms with E-state index in [1.54, 1.807) is 22.3 Å². The van der Waals surface area contributed by atoms with Crippen LogP contribution in [-0.4, -0.2) is 10.3 Å². The topological polar surface area (TPSA) is 0 Å². The first-order valence-corrected chi connectivity index (χ1v) is 13.1. The lowest BCUT2D eigenvalue weighted by atomic mass is 9.98. The summed E-state index contributed by atoms with van der Waals surface area (Å²) in [4.78, 5) is 0. The second-order valence-corrected chi connectivity index (χ2v) is 16.2. The molecule has 0 bridgehead atoms. The lowest BCUT2D eigenvalue weighted by Gasteiger charge is -2.42. The third kappa shape index (κ3) is 3.08. The van der Waals surface area contributed by atoms with Gasteiger partial charge in [0.2, 0.25) is 0 Å². The zero-order chi connectivity index (χ0) is 18.7. The molecule has 0 fully saturated rings. The Kier molecular flexibility index (Phi) is 4.61. The van der Waals surface area contributed by atoms with Gasteiger partial charge in [-0.25, -0.2) is 0 Å². The average Bonchev–Trinajstić information content (AvgIpc) is 3.12. The van der Waals surface area contributed by atoms with Gasteiger partial charge >= 0.3 is 0 Å². The lowest BCUT2D eigenvalue weighted by Crippen LogP contribution is -2.20. The fourth-order valence-corrected chi connectivity index (χ4v) is 12.3. The van der Waals surface area contributed by atoms with Crippen molar-refractivity contribution in [3.05, 3.63) is 70.8 Å². The molecule has 0 aromatic heterocycles. The number of fused-ring (bicyclic) bond motifs is 2. The van der Waals surface area contributed by atoms with Gasteiger partial charge in [0.15, 0.2) is 0 Å². The predicted octanol–water partition coefficient (Wildman–Crippen LogP) is 8.06. The minimum absolute atomic E-state index is 0.0695. The minimum Gasteiger partial charge on any atom is -0.0880 e. The van der Waals surface area contributed by atoms with Crippen molar-refractivity contribution in [3.63, 3.8) is 0 Å². The van der Waals surface area contributed by atoms with Gasteiger partial charge in [0.1, 0.15) is 0 Å². The Morgan fingerprint density at radius 3 is 1.31 bits per heavy atom. The van der Waals surface area contributed by atoms with E-state index < -0.39 is 0 Å². The zero-order valence-corrected chi connectivity index (χ0v) is 18.9. The van der Waals surface area contributed by atoms with Crippen molar-refractivity contribution in [3.8, 4) is 0 Å². The molecule has 0 radical (unpaired) electrons. The minimum atomic E-state index is -0.0695. The Hall–Kier alpha value is -0.700. The highest BCUT2D eigenvalue weighted by atomic mass is 31.1. The maximum absolute atomic E-state index is 2.48. The van der Waals surface area contributed by atoms with E-state index >= 15 is 0 Å². The molecule has 138 valence electrons. The number of rotatable bonds is 1. The van der Waals surface area contributed by atoms with Gasteiger partial charge in [-0.1, -0.05) is 106 Å². The fraction of sp³-hybridized carbons (Fsp3) is 0.500. The standard InChI is InChI=1S/C24H32P2/c1-23(2,3)25-15-17-11-7-9-13-19(17)21(25)22-20-14-10-8-12-18(20)16-26(22)24(4,5)6/h7-14,21-22H,15-16H2,1-6H3/t21?,22?,25-,26-/m0/s1. The maximum Gasteiger partial charge on any atom is 0.0161 e. The van der Waals surface area contributed by atoms with Crippen molar-refractivity contribution >= 4 is 15.8 Å². The van der Waals surface area contributed by atoms with E-state index in [4.69, 9.17) is 0 Å². The van der Waals surface area contributed by atoms with E-state index in [-0.39, 0.29) is 15.8 Å². The molecule has 2 aliphatic heterocycles. The average molecular weight is 382 g/mol. The summed E-state index contributed by atoms with van der Waals surface area (Å²) in [5.74, 6) is 0. The molecule has 0 saturated heterocycles. The first-order chi connectivity index (χ1) is 12.2. The Balaban J connectivity index is 1.89. The molecule has 0 N–H and O–H groups in total. The molecule has 2 heteroatoms. The summed E-state index contributed by atoms with van der Waals surface area (Å²) in [5.41, 5.74) is 8.07. The van der Waals surface area contributed by atoms with E-state index in [2.05, 4.69) is 90.1 Å². The predicted molar refractivity (Wildman–Crippen MR) is 119 cm³/mol. The van der Waals surface area contributed by atoms with Gasteiger partial charge in [-0.05, 0) is 44.9 Å². The van der Waals surface area contributed by atoms with Crippen LogP contribution in [0.5, 0.6) is 0 Å². The largest absolute Gasteiger partial charge is 0.0880 e. The quantitative estimate of drug-likeness (QED) is 0.438. The molecule has 0 nitrogen and oxygen atoms in total. The van der Waals surface area contributed by atoms with Crippen molar-refractivity contribution in [1.82, 2.24) is 0 Å². The summed E-state index contributed by atoms with van der Waals surface area (Å²) in [7, 11) is -0.139. The Labute approximate surface area is 162 Å². The van der Waals surface area contributed by atoms with Crippen LogP contribution >= 0.6 is 15.8 Å². The van der Waals surface area contributed by atoms with Gasteiger partial charge in [-0.15, -0.1) is 0 Å².